The third-order valence-corrected chi connectivity index (χ3v) is 5.04. The summed E-state index contributed by atoms with van der Waals surface area (Å²) in [5.41, 5.74) is 1.38. The second-order valence-corrected chi connectivity index (χ2v) is 9.06. The molecule has 0 bridgehead atoms. The highest BCUT2D eigenvalue weighted by Gasteiger charge is 2.16. The topological polar surface area (TPSA) is 67.4 Å². The fourth-order valence-electron chi connectivity index (χ4n) is 3.43. The van der Waals surface area contributed by atoms with Crippen LogP contribution in [0, 0.1) is 11.6 Å². The molecule has 34 heavy (non-hydrogen) atoms. The van der Waals surface area contributed by atoms with Crippen molar-refractivity contribution >= 4 is 12.0 Å². The number of hydrogen-bond donors (Lipinski definition) is 2. The van der Waals surface area contributed by atoms with Gasteiger partial charge < -0.3 is 15.4 Å². The van der Waals surface area contributed by atoms with E-state index in [1.807, 2.05) is 0 Å². The molecular formula is C27H34F2N2O3. The van der Waals surface area contributed by atoms with Crippen LogP contribution < -0.4 is 10.6 Å². The summed E-state index contributed by atoms with van der Waals surface area (Å²) in [7, 11) is 0. The average Bonchev–Trinajstić information content (AvgIpc) is 2.76. The van der Waals surface area contributed by atoms with E-state index in [4.69, 9.17) is 4.74 Å². The van der Waals surface area contributed by atoms with Gasteiger partial charge in [-0.3, -0.25) is 4.79 Å². The van der Waals surface area contributed by atoms with E-state index in [1.165, 1.54) is 24.3 Å². The van der Waals surface area contributed by atoms with Crippen LogP contribution in [0.1, 0.15) is 63.5 Å². The Kier molecular flexibility index (Phi) is 10.7. The Labute approximate surface area is 200 Å². The lowest BCUT2D eigenvalue weighted by Crippen LogP contribution is -2.32. The number of benzene rings is 2. The van der Waals surface area contributed by atoms with Gasteiger partial charge in [0, 0.05) is 25.4 Å². The molecule has 0 fully saturated rings. The van der Waals surface area contributed by atoms with Crippen LogP contribution in [0.15, 0.2) is 60.7 Å². The highest BCUT2D eigenvalue weighted by atomic mass is 19.1. The molecule has 0 aliphatic carbocycles. The number of carbonyl (C=O) groups excluding carboxylic acids is 2. The number of rotatable bonds is 11. The molecule has 0 aromatic heterocycles. The molecule has 0 saturated heterocycles. The molecule has 0 heterocycles. The van der Waals surface area contributed by atoms with Crippen molar-refractivity contribution in [2.24, 2.45) is 0 Å². The van der Waals surface area contributed by atoms with Crippen molar-refractivity contribution in [3.8, 4) is 0 Å². The van der Waals surface area contributed by atoms with Gasteiger partial charge in [-0.15, -0.1) is 0 Å². The quantitative estimate of drug-likeness (QED) is 0.318. The second-order valence-electron chi connectivity index (χ2n) is 9.06. The second kappa shape index (κ2) is 13.5. The molecule has 0 aliphatic rings. The van der Waals surface area contributed by atoms with Gasteiger partial charge >= 0.3 is 6.09 Å². The van der Waals surface area contributed by atoms with Gasteiger partial charge in [0.15, 0.2) is 0 Å². The molecule has 2 rings (SSSR count). The van der Waals surface area contributed by atoms with Crippen molar-refractivity contribution in [1.82, 2.24) is 10.6 Å². The summed E-state index contributed by atoms with van der Waals surface area (Å²) in [5, 5.41) is 5.43. The first-order valence-corrected chi connectivity index (χ1v) is 11.5. The molecule has 2 aromatic carbocycles. The maximum Gasteiger partial charge on any atom is 0.407 e. The highest BCUT2D eigenvalue weighted by Crippen LogP contribution is 2.30. The third-order valence-electron chi connectivity index (χ3n) is 5.04. The van der Waals surface area contributed by atoms with Crippen LogP contribution in [0.25, 0.3) is 0 Å². The molecule has 0 spiro atoms. The van der Waals surface area contributed by atoms with Crippen molar-refractivity contribution in [3.05, 3.63) is 83.4 Å². The van der Waals surface area contributed by atoms with Crippen molar-refractivity contribution < 1.29 is 23.1 Å². The molecule has 2 amide bonds. The summed E-state index contributed by atoms with van der Waals surface area (Å²) in [6, 6.07) is 12.7. The fourth-order valence-corrected chi connectivity index (χ4v) is 3.43. The van der Waals surface area contributed by atoms with Gasteiger partial charge in [-0.2, -0.15) is 0 Å². The van der Waals surface area contributed by atoms with E-state index in [0.29, 0.717) is 25.9 Å². The minimum absolute atomic E-state index is 0.00432. The summed E-state index contributed by atoms with van der Waals surface area (Å²) >= 11 is 0. The summed E-state index contributed by atoms with van der Waals surface area (Å²) in [6.07, 6.45) is 5.69. The number of hydrogen-bond acceptors (Lipinski definition) is 3. The zero-order chi connectivity index (χ0) is 25.0. The van der Waals surface area contributed by atoms with Gasteiger partial charge in [0.25, 0.3) is 0 Å². The van der Waals surface area contributed by atoms with Crippen LogP contribution in [0.5, 0.6) is 0 Å². The van der Waals surface area contributed by atoms with Crippen LogP contribution in [0.2, 0.25) is 0 Å². The standard InChI is InChI=1S/C27H34F2N2O3/c1-27(2,3)34-26(33)31-19-7-6-18-30-25(32)9-5-4-8-24(20-10-14-22(28)15-11-20)21-12-16-23(29)17-13-21/h6-7,10-17,24H,4-5,8-9,18-19H2,1-3H3,(H,30,32)(H,31,33). The van der Waals surface area contributed by atoms with Gasteiger partial charge in [-0.05, 0) is 69.0 Å². The summed E-state index contributed by atoms with van der Waals surface area (Å²) in [5.74, 6) is -0.643. The van der Waals surface area contributed by atoms with Gasteiger partial charge in [-0.25, -0.2) is 13.6 Å². The van der Waals surface area contributed by atoms with Gasteiger partial charge in [0.1, 0.15) is 17.2 Å². The van der Waals surface area contributed by atoms with E-state index in [2.05, 4.69) is 10.6 Å². The Bertz CT molecular complexity index is 890. The molecular weight excluding hydrogens is 438 g/mol. The molecule has 0 aliphatic heterocycles. The molecule has 184 valence electrons. The van der Waals surface area contributed by atoms with E-state index >= 15 is 0 Å². The summed E-state index contributed by atoms with van der Waals surface area (Å²) in [6.45, 7) is 6.08. The normalized spacial score (nSPS) is 11.6. The van der Waals surface area contributed by atoms with Crippen LogP contribution in [0.4, 0.5) is 13.6 Å². The molecule has 0 unspecified atom stereocenters. The number of nitrogens with one attached hydrogen (secondary N) is 2. The number of ether oxygens (including phenoxy) is 1. The predicted octanol–water partition coefficient (Wildman–Crippen LogP) is 5.85. The maximum atomic E-state index is 13.3. The first-order valence-electron chi connectivity index (χ1n) is 11.5. The zero-order valence-corrected chi connectivity index (χ0v) is 20.1. The monoisotopic (exact) mass is 472 g/mol. The Hall–Kier alpha value is -3.22. The molecule has 5 nitrogen and oxygen atoms in total. The SMILES string of the molecule is CC(C)(C)OC(=O)NCC=CCNC(=O)CCCCC(c1ccc(F)cc1)c1ccc(F)cc1. The first kappa shape index (κ1) is 27.0. The Balaban J connectivity index is 1.71. The number of unbranched alkanes of at least 4 members (excludes halogenated alkanes) is 1. The minimum atomic E-state index is -0.542. The summed E-state index contributed by atoms with van der Waals surface area (Å²) in [4.78, 5) is 23.6. The lowest BCUT2D eigenvalue weighted by atomic mass is 9.87. The van der Waals surface area contributed by atoms with E-state index in [9.17, 15) is 18.4 Å². The van der Waals surface area contributed by atoms with Crippen LogP contribution >= 0.6 is 0 Å². The van der Waals surface area contributed by atoms with Crippen LogP contribution in [0.3, 0.4) is 0 Å². The van der Waals surface area contributed by atoms with Gasteiger partial charge in [-0.1, -0.05) is 42.8 Å². The number of carbonyl (C=O) groups is 2. The Morgan fingerprint density at radius 2 is 1.35 bits per heavy atom. The molecule has 0 saturated carbocycles. The average molecular weight is 473 g/mol. The summed E-state index contributed by atoms with van der Waals surface area (Å²) < 4.78 is 31.8. The van der Waals surface area contributed by atoms with E-state index in [-0.39, 0.29) is 23.5 Å². The Morgan fingerprint density at radius 1 is 0.853 bits per heavy atom. The van der Waals surface area contributed by atoms with Gasteiger partial charge in [0.05, 0.1) is 0 Å². The van der Waals surface area contributed by atoms with E-state index in [0.717, 1.165) is 24.0 Å². The lowest BCUT2D eigenvalue weighted by Gasteiger charge is -2.19. The number of halogens is 2. The van der Waals surface area contributed by atoms with E-state index < -0.39 is 11.7 Å². The van der Waals surface area contributed by atoms with Crippen LogP contribution in [-0.4, -0.2) is 30.7 Å². The third kappa shape index (κ3) is 10.6. The smallest absolute Gasteiger partial charge is 0.407 e. The van der Waals surface area contributed by atoms with Crippen molar-refractivity contribution in [2.45, 2.75) is 58.0 Å². The lowest BCUT2D eigenvalue weighted by molar-refractivity contribution is -0.121. The minimum Gasteiger partial charge on any atom is -0.444 e. The molecule has 0 atom stereocenters. The first-order chi connectivity index (χ1) is 16.1. The van der Waals surface area contributed by atoms with Crippen molar-refractivity contribution in [1.29, 1.82) is 0 Å². The molecule has 7 heteroatoms. The fraction of sp³-hybridized carbons (Fsp3) is 0.407. The van der Waals surface area contributed by atoms with Crippen LogP contribution in [-0.2, 0) is 9.53 Å². The van der Waals surface area contributed by atoms with Crippen molar-refractivity contribution in [3.63, 3.8) is 0 Å². The molecule has 2 N–H and O–H groups in total. The molecule has 2 aromatic rings. The molecule has 0 radical (unpaired) electrons. The van der Waals surface area contributed by atoms with Gasteiger partial charge in [0.2, 0.25) is 5.91 Å². The maximum absolute atomic E-state index is 13.3. The largest absolute Gasteiger partial charge is 0.444 e. The highest BCUT2D eigenvalue weighted by molar-refractivity contribution is 5.75. The Morgan fingerprint density at radius 3 is 1.85 bits per heavy atom. The van der Waals surface area contributed by atoms with E-state index in [1.54, 1.807) is 57.2 Å². The zero-order valence-electron chi connectivity index (χ0n) is 20.1. The van der Waals surface area contributed by atoms with Crippen molar-refractivity contribution in [2.75, 3.05) is 13.1 Å². The number of alkyl carbamates (subject to hydrolysis) is 1. The predicted molar refractivity (Wildman–Crippen MR) is 129 cm³/mol. The number of amides is 2.